The van der Waals surface area contributed by atoms with Crippen LogP contribution in [0.2, 0.25) is 0 Å². The van der Waals surface area contributed by atoms with Crippen molar-refractivity contribution in [2.45, 2.75) is 44.7 Å². The van der Waals surface area contributed by atoms with Gasteiger partial charge in [0.1, 0.15) is 5.82 Å². The number of aromatic nitrogens is 1. The molecule has 3 heteroatoms. The highest BCUT2D eigenvalue weighted by atomic mass is 15.2. The first-order chi connectivity index (χ1) is 8.34. The number of aryl methyl sites for hydroxylation is 1. The highest BCUT2D eigenvalue weighted by molar-refractivity contribution is 5.48. The maximum atomic E-state index is 4.58. The molecule has 1 aliphatic heterocycles. The van der Waals surface area contributed by atoms with Crippen molar-refractivity contribution in [2.75, 3.05) is 18.0 Å². The van der Waals surface area contributed by atoms with Gasteiger partial charge in [0.05, 0.1) is 0 Å². The fraction of sp³-hybridized carbons (Fsp3) is 0.643. The Balaban J connectivity index is 1.77. The highest BCUT2D eigenvalue weighted by Gasteiger charge is 2.32. The lowest BCUT2D eigenvalue weighted by Gasteiger charge is -2.28. The monoisotopic (exact) mass is 231 g/mol. The van der Waals surface area contributed by atoms with Crippen LogP contribution < -0.4 is 10.2 Å². The second-order valence-corrected chi connectivity index (χ2v) is 5.32. The summed E-state index contributed by atoms with van der Waals surface area (Å²) in [5.74, 6) is 1.20. The molecule has 0 spiro atoms. The van der Waals surface area contributed by atoms with Crippen molar-refractivity contribution < 1.29 is 0 Å². The zero-order chi connectivity index (χ0) is 11.7. The van der Waals surface area contributed by atoms with Crippen LogP contribution in [0.5, 0.6) is 0 Å². The Labute approximate surface area is 103 Å². The summed E-state index contributed by atoms with van der Waals surface area (Å²) in [4.78, 5) is 7.11. The molecule has 92 valence electrons. The van der Waals surface area contributed by atoms with E-state index < -0.39 is 0 Å². The standard InChI is InChI=1S/C14H21N3/c1-11-4-2-9-16-14(11)17(13-6-7-13)10-12-5-3-8-15-12/h2,4,9,12-13,15H,3,5-8,10H2,1H3. The van der Waals surface area contributed by atoms with E-state index in [9.17, 15) is 0 Å². The number of rotatable bonds is 4. The van der Waals surface area contributed by atoms with E-state index in [4.69, 9.17) is 0 Å². The molecular weight excluding hydrogens is 210 g/mol. The molecule has 2 fully saturated rings. The number of pyridine rings is 1. The van der Waals surface area contributed by atoms with Crippen LogP contribution in [0.1, 0.15) is 31.2 Å². The van der Waals surface area contributed by atoms with Crippen LogP contribution in [-0.4, -0.2) is 30.2 Å². The Morgan fingerprint density at radius 3 is 2.94 bits per heavy atom. The van der Waals surface area contributed by atoms with Gasteiger partial charge in [-0.25, -0.2) is 4.98 Å². The van der Waals surface area contributed by atoms with Gasteiger partial charge in [-0.05, 0) is 50.8 Å². The Morgan fingerprint density at radius 2 is 2.29 bits per heavy atom. The van der Waals surface area contributed by atoms with Crippen molar-refractivity contribution in [3.05, 3.63) is 23.9 Å². The third kappa shape index (κ3) is 2.44. The molecule has 1 atom stereocenters. The summed E-state index contributed by atoms with van der Waals surface area (Å²) in [5, 5.41) is 3.59. The zero-order valence-electron chi connectivity index (χ0n) is 10.5. The Bertz CT molecular complexity index is 381. The van der Waals surface area contributed by atoms with Gasteiger partial charge < -0.3 is 10.2 Å². The van der Waals surface area contributed by atoms with E-state index >= 15 is 0 Å². The van der Waals surface area contributed by atoms with Gasteiger partial charge in [-0.1, -0.05) is 6.07 Å². The van der Waals surface area contributed by atoms with Crippen LogP contribution in [0.4, 0.5) is 5.82 Å². The minimum Gasteiger partial charge on any atom is -0.352 e. The first kappa shape index (κ1) is 11.0. The molecule has 1 N–H and O–H groups in total. The first-order valence-electron chi connectivity index (χ1n) is 6.76. The molecule has 0 radical (unpaired) electrons. The molecule has 0 bridgehead atoms. The number of nitrogens with zero attached hydrogens (tertiary/aromatic N) is 2. The first-order valence-corrected chi connectivity index (χ1v) is 6.76. The van der Waals surface area contributed by atoms with E-state index in [1.54, 1.807) is 0 Å². The molecule has 3 rings (SSSR count). The molecule has 0 amide bonds. The Kier molecular flexibility index (Phi) is 3.02. The van der Waals surface area contributed by atoms with E-state index in [0.717, 1.165) is 12.6 Å². The van der Waals surface area contributed by atoms with Crippen LogP contribution in [0.25, 0.3) is 0 Å². The molecule has 2 aliphatic rings. The van der Waals surface area contributed by atoms with E-state index in [1.165, 1.54) is 43.6 Å². The lowest BCUT2D eigenvalue weighted by Crippen LogP contribution is -2.39. The molecule has 17 heavy (non-hydrogen) atoms. The van der Waals surface area contributed by atoms with Gasteiger partial charge in [0, 0.05) is 24.8 Å². The quantitative estimate of drug-likeness (QED) is 0.860. The third-order valence-corrected chi connectivity index (χ3v) is 3.82. The van der Waals surface area contributed by atoms with E-state index in [0.29, 0.717) is 6.04 Å². The average molecular weight is 231 g/mol. The minimum atomic E-state index is 0.664. The summed E-state index contributed by atoms with van der Waals surface area (Å²) in [7, 11) is 0. The SMILES string of the molecule is Cc1cccnc1N(CC1CCCN1)C1CC1. The molecule has 1 aromatic rings. The van der Waals surface area contributed by atoms with Crippen LogP contribution >= 0.6 is 0 Å². The third-order valence-electron chi connectivity index (χ3n) is 3.82. The molecule has 3 nitrogen and oxygen atoms in total. The molecule has 1 aliphatic carbocycles. The van der Waals surface area contributed by atoms with Gasteiger partial charge in [0.15, 0.2) is 0 Å². The lowest BCUT2D eigenvalue weighted by atomic mass is 10.2. The minimum absolute atomic E-state index is 0.664. The fourth-order valence-electron chi connectivity index (χ4n) is 2.72. The summed E-state index contributed by atoms with van der Waals surface area (Å²) >= 11 is 0. The molecule has 1 saturated carbocycles. The van der Waals surface area contributed by atoms with Crippen molar-refractivity contribution >= 4 is 5.82 Å². The Morgan fingerprint density at radius 1 is 1.41 bits per heavy atom. The molecule has 1 unspecified atom stereocenters. The molecule has 1 saturated heterocycles. The predicted octanol–water partition coefficient (Wildman–Crippen LogP) is 2.11. The molecule has 0 aromatic carbocycles. The van der Waals surface area contributed by atoms with Gasteiger partial charge in [0.2, 0.25) is 0 Å². The largest absolute Gasteiger partial charge is 0.352 e. The summed E-state index contributed by atoms with van der Waals surface area (Å²) < 4.78 is 0. The van der Waals surface area contributed by atoms with Crippen molar-refractivity contribution in [2.24, 2.45) is 0 Å². The number of anilines is 1. The molecule has 1 aromatic heterocycles. The summed E-state index contributed by atoms with van der Waals surface area (Å²) in [6, 6.07) is 5.60. The molecular formula is C14H21N3. The fourth-order valence-corrected chi connectivity index (χ4v) is 2.72. The number of hydrogen-bond acceptors (Lipinski definition) is 3. The second-order valence-electron chi connectivity index (χ2n) is 5.32. The lowest BCUT2D eigenvalue weighted by molar-refractivity contribution is 0.575. The van der Waals surface area contributed by atoms with Crippen LogP contribution in [0.3, 0.4) is 0 Å². The second kappa shape index (κ2) is 4.65. The van der Waals surface area contributed by atoms with Crippen molar-refractivity contribution in [3.8, 4) is 0 Å². The van der Waals surface area contributed by atoms with E-state index in [2.05, 4.69) is 28.2 Å². The van der Waals surface area contributed by atoms with Crippen molar-refractivity contribution in [3.63, 3.8) is 0 Å². The highest BCUT2D eigenvalue weighted by Crippen LogP contribution is 2.32. The van der Waals surface area contributed by atoms with Crippen molar-refractivity contribution in [1.82, 2.24) is 10.3 Å². The predicted molar refractivity (Wildman–Crippen MR) is 70.4 cm³/mol. The number of nitrogens with one attached hydrogen (secondary N) is 1. The van der Waals surface area contributed by atoms with Crippen LogP contribution in [-0.2, 0) is 0 Å². The van der Waals surface area contributed by atoms with Crippen LogP contribution in [0, 0.1) is 6.92 Å². The summed E-state index contributed by atoms with van der Waals surface area (Å²) in [6.07, 6.45) is 7.23. The molecule has 2 heterocycles. The zero-order valence-corrected chi connectivity index (χ0v) is 10.5. The topological polar surface area (TPSA) is 28.2 Å². The van der Waals surface area contributed by atoms with Crippen LogP contribution in [0.15, 0.2) is 18.3 Å². The Hall–Kier alpha value is -1.09. The van der Waals surface area contributed by atoms with Gasteiger partial charge in [-0.15, -0.1) is 0 Å². The van der Waals surface area contributed by atoms with Gasteiger partial charge >= 0.3 is 0 Å². The van der Waals surface area contributed by atoms with Crippen molar-refractivity contribution in [1.29, 1.82) is 0 Å². The normalized spacial score (nSPS) is 23.9. The summed E-state index contributed by atoms with van der Waals surface area (Å²) in [6.45, 7) is 4.48. The maximum absolute atomic E-state index is 4.58. The van der Waals surface area contributed by atoms with E-state index in [1.807, 2.05) is 12.3 Å². The van der Waals surface area contributed by atoms with E-state index in [-0.39, 0.29) is 0 Å². The number of hydrogen-bond donors (Lipinski definition) is 1. The van der Waals surface area contributed by atoms with Gasteiger partial charge in [-0.3, -0.25) is 0 Å². The average Bonchev–Trinajstić information content (AvgIpc) is 3.05. The maximum Gasteiger partial charge on any atom is 0.131 e. The van der Waals surface area contributed by atoms with Gasteiger partial charge in [0.25, 0.3) is 0 Å². The van der Waals surface area contributed by atoms with Gasteiger partial charge in [-0.2, -0.15) is 0 Å². The summed E-state index contributed by atoms with van der Waals surface area (Å²) in [5.41, 5.74) is 1.30. The smallest absolute Gasteiger partial charge is 0.131 e.